The molecule has 0 spiro atoms. The van der Waals surface area contributed by atoms with Crippen LogP contribution in [0.25, 0.3) is 0 Å². The van der Waals surface area contributed by atoms with E-state index >= 15 is 0 Å². The third-order valence-electron chi connectivity index (χ3n) is 4.86. The second-order valence-corrected chi connectivity index (χ2v) is 7.41. The fourth-order valence-electron chi connectivity index (χ4n) is 3.13. The van der Waals surface area contributed by atoms with Crippen LogP contribution in [0.2, 0.25) is 0 Å². The fraction of sp³-hybridized carbons (Fsp3) is 0.364. The van der Waals surface area contributed by atoms with Gasteiger partial charge in [0.05, 0.1) is 11.1 Å². The van der Waals surface area contributed by atoms with Crippen molar-refractivity contribution in [3.63, 3.8) is 0 Å². The van der Waals surface area contributed by atoms with E-state index in [2.05, 4.69) is 12.2 Å². The van der Waals surface area contributed by atoms with Crippen LogP contribution in [0.4, 0.5) is 11.4 Å². The van der Waals surface area contributed by atoms with Gasteiger partial charge in [-0.3, -0.25) is 9.59 Å². The van der Waals surface area contributed by atoms with E-state index in [1.807, 2.05) is 51.1 Å². The van der Waals surface area contributed by atoms with Crippen molar-refractivity contribution in [2.45, 2.75) is 34.1 Å². The SMILES string of the molecule is CCc1ccc(C(=O)Nc2ccc3c(c2)OCC(C)(C)C(=O)N3CC)cc1. The summed E-state index contributed by atoms with van der Waals surface area (Å²) in [6.07, 6.45) is 0.938. The van der Waals surface area contributed by atoms with E-state index < -0.39 is 5.41 Å². The second-order valence-electron chi connectivity index (χ2n) is 7.41. The summed E-state index contributed by atoms with van der Waals surface area (Å²) < 4.78 is 5.91. The minimum atomic E-state index is -0.598. The zero-order chi connectivity index (χ0) is 19.6. The molecule has 0 bridgehead atoms. The van der Waals surface area contributed by atoms with E-state index in [1.54, 1.807) is 17.0 Å². The summed E-state index contributed by atoms with van der Waals surface area (Å²) in [6.45, 7) is 8.65. The van der Waals surface area contributed by atoms with Crippen molar-refractivity contribution in [3.05, 3.63) is 53.6 Å². The normalized spacial score (nSPS) is 15.6. The molecule has 27 heavy (non-hydrogen) atoms. The minimum absolute atomic E-state index is 0.0385. The maximum absolute atomic E-state index is 12.7. The number of nitrogens with one attached hydrogen (secondary N) is 1. The molecular weight excluding hydrogens is 340 g/mol. The zero-order valence-corrected chi connectivity index (χ0v) is 16.3. The lowest BCUT2D eigenvalue weighted by Gasteiger charge is -2.26. The Labute approximate surface area is 160 Å². The van der Waals surface area contributed by atoms with Gasteiger partial charge in [0.25, 0.3) is 5.91 Å². The summed E-state index contributed by atoms with van der Waals surface area (Å²) in [5, 5.41) is 2.91. The molecule has 1 aliphatic rings. The Morgan fingerprint density at radius 3 is 2.48 bits per heavy atom. The number of carbonyl (C=O) groups is 2. The van der Waals surface area contributed by atoms with E-state index in [1.165, 1.54) is 5.56 Å². The van der Waals surface area contributed by atoms with Crippen LogP contribution in [0.15, 0.2) is 42.5 Å². The molecule has 3 rings (SSSR count). The summed E-state index contributed by atoms with van der Waals surface area (Å²) in [5.41, 5.74) is 2.57. The molecule has 1 heterocycles. The van der Waals surface area contributed by atoms with Crippen molar-refractivity contribution in [1.29, 1.82) is 0 Å². The fourth-order valence-corrected chi connectivity index (χ4v) is 3.13. The number of benzene rings is 2. The number of hydrogen-bond acceptors (Lipinski definition) is 3. The first-order chi connectivity index (χ1) is 12.9. The average molecular weight is 366 g/mol. The van der Waals surface area contributed by atoms with Crippen molar-refractivity contribution < 1.29 is 14.3 Å². The highest BCUT2D eigenvalue weighted by Gasteiger charge is 2.37. The molecule has 0 unspecified atom stereocenters. The third-order valence-corrected chi connectivity index (χ3v) is 4.86. The molecule has 2 aromatic rings. The van der Waals surface area contributed by atoms with Crippen molar-refractivity contribution in [1.82, 2.24) is 0 Å². The number of rotatable bonds is 4. The van der Waals surface area contributed by atoms with Gasteiger partial charge in [0.2, 0.25) is 5.91 Å². The van der Waals surface area contributed by atoms with Crippen LogP contribution >= 0.6 is 0 Å². The average Bonchev–Trinajstić information content (AvgIpc) is 2.76. The lowest BCUT2D eigenvalue weighted by Crippen LogP contribution is -2.42. The van der Waals surface area contributed by atoms with Crippen LogP contribution in [0, 0.1) is 5.41 Å². The molecule has 5 heteroatoms. The predicted octanol–water partition coefficient (Wildman–Crippen LogP) is 4.27. The van der Waals surface area contributed by atoms with Crippen LogP contribution < -0.4 is 15.0 Å². The molecule has 0 aromatic heterocycles. The summed E-state index contributed by atoms with van der Waals surface area (Å²) in [7, 11) is 0. The third kappa shape index (κ3) is 3.82. The lowest BCUT2D eigenvalue weighted by molar-refractivity contribution is -0.127. The Hall–Kier alpha value is -2.82. The van der Waals surface area contributed by atoms with Gasteiger partial charge in [0.1, 0.15) is 12.4 Å². The van der Waals surface area contributed by atoms with Gasteiger partial charge >= 0.3 is 0 Å². The molecular formula is C22H26N2O3. The summed E-state index contributed by atoms with van der Waals surface area (Å²) in [6, 6.07) is 13.0. The second kappa shape index (κ2) is 7.43. The Morgan fingerprint density at radius 1 is 1.15 bits per heavy atom. The van der Waals surface area contributed by atoms with Crippen LogP contribution in [0.3, 0.4) is 0 Å². The van der Waals surface area contributed by atoms with Gasteiger partial charge in [-0.2, -0.15) is 0 Å². The van der Waals surface area contributed by atoms with Gasteiger partial charge in [-0.15, -0.1) is 0 Å². The van der Waals surface area contributed by atoms with Crippen molar-refractivity contribution in [3.8, 4) is 5.75 Å². The van der Waals surface area contributed by atoms with Gasteiger partial charge in [0, 0.05) is 23.9 Å². The highest BCUT2D eigenvalue weighted by atomic mass is 16.5. The van der Waals surface area contributed by atoms with Crippen LogP contribution in [0.5, 0.6) is 5.75 Å². The molecule has 0 saturated carbocycles. The van der Waals surface area contributed by atoms with Crippen LogP contribution in [-0.4, -0.2) is 25.0 Å². The van der Waals surface area contributed by atoms with Crippen LogP contribution in [-0.2, 0) is 11.2 Å². The summed E-state index contributed by atoms with van der Waals surface area (Å²) in [5.74, 6) is 0.474. The minimum Gasteiger partial charge on any atom is -0.490 e. The first kappa shape index (κ1) is 19.0. The molecule has 0 fully saturated rings. The largest absolute Gasteiger partial charge is 0.490 e. The number of ether oxygens (including phenoxy) is 1. The number of nitrogens with zero attached hydrogens (tertiary/aromatic N) is 1. The topological polar surface area (TPSA) is 58.6 Å². The van der Waals surface area contributed by atoms with Gasteiger partial charge in [-0.25, -0.2) is 0 Å². The number of amides is 2. The predicted molar refractivity (Wildman–Crippen MR) is 108 cm³/mol. The Kier molecular flexibility index (Phi) is 5.22. The van der Waals surface area contributed by atoms with Crippen molar-refractivity contribution in [2.24, 2.45) is 5.41 Å². The molecule has 0 atom stereocenters. The van der Waals surface area contributed by atoms with Crippen LogP contribution in [0.1, 0.15) is 43.6 Å². The lowest BCUT2D eigenvalue weighted by atomic mass is 9.93. The monoisotopic (exact) mass is 366 g/mol. The molecule has 2 amide bonds. The number of fused-ring (bicyclic) bond motifs is 1. The summed E-state index contributed by atoms with van der Waals surface area (Å²) >= 11 is 0. The van der Waals surface area contributed by atoms with Crippen molar-refractivity contribution >= 4 is 23.2 Å². The first-order valence-electron chi connectivity index (χ1n) is 9.35. The highest BCUT2D eigenvalue weighted by molar-refractivity contribution is 6.05. The smallest absolute Gasteiger partial charge is 0.255 e. The van der Waals surface area contributed by atoms with Crippen molar-refractivity contribution in [2.75, 3.05) is 23.4 Å². The highest BCUT2D eigenvalue weighted by Crippen LogP contribution is 2.38. The number of carbonyl (C=O) groups excluding carboxylic acids is 2. The first-order valence-corrected chi connectivity index (χ1v) is 9.35. The molecule has 0 radical (unpaired) electrons. The molecule has 142 valence electrons. The number of hydrogen-bond donors (Lipinski definition) is 1. The standard InChI is InChI=1S/C22H26N2O3/c1-5-15-7-9-16(10-8-15)20(25)23-17-11-12-18-19(13-17)27-14-22(3,4)21(26)24(18)6-2/h7-13H,5-6,14H2,1-4H3,(H,23,25). The van der Waals surface area contributed by atoms with E-state index in [0.717, 1.165) is 12.1 Å². The van der Waals surface area contributed by atoms with Gasteiger partial charge in [-0.1, -0.05) is 19.1 Å². The Balaban J connectivity index is 1.84. The molecule has 1 aliphatic heterocycles. The summed E-state index contributed by atoms with van der Waals surface area (Å²) in [4.78, 5) is 27.0. The maximum atomic E-state index is 12.7. The van der Waals surface area contributed by atoms with Gasteiger partial charge < -0.3 is 15.0 Å². The van der Waals surface area contributed by atoms with E-state index in [-0.39, 0.29) is 11.8 Å². The Bertz CT molecular complexity index is 856. The van der Waals surface area contributed by atoms with E-state index in [4.69, 9.17) is 4.74 Å². The van der Waals surface area contributed by atoms with Gasteiger partial charge in [-0.05, 0) is 57.0 Å². The molecule has 0 aliphatic carbocycles. The molecule has 5 nitrogen and oxygen atoms in total. The van der Waals surface area contributed by atoms with E-state index in [0.29, 0.717) is 30.2 Å². The molecule has 1 N–H and O–H groups in total. The molecule has 0 saturated heterocycles. The number of aryl methyl sites for hydroxylation is 1. The Morgan fingerprint density at radius 2 is 1.85 bits per heavy atom. The maximum Gasteiger partial charge on any atom is 0.255 e. The zero-order valence-electron chi connectivity index (χ0n) is 16.3. The van der Waals surface area contributed by atoms with E-state index in [9.17, 15) is 9.59 Å². The molecule has 2 aromatic carbocycles. The van der Waals surface area contributed by atoms with Gasteiger partial charge in [0.15, 0.2) is 0 Å². The number of anilines is 2. The quantitative estimate of drug-likeness (QED) is 0.879.